The summed E-state index contributed by atoms with van der Waals surface area (Å²) in [5.41, 5.74) is -0.609. The van der Waals surface area contributed by atoms with Crippen molar-refractivity contribution in [3.05, 3.63) is 12.3 Å². The van der Waals surface area contributed by atoms with Gasteiger partial charge in [0.25, 0.3) is 0 Å². The van der Waals surface area contributed by atoms with Gasteiger partial charge in [0.1, 0.15) is 0 Å². The molecule has 1 aliphatic rings. The van der Waals surface area contributed by atoms with E-state index in [4.69, 9.17) is 4.74 Å². The number of aromatic nitrogens is 2. The summed E-state index contributed by atoms with van der Waals surface area (Å²) in [5.74, 6) is 0. The van der Waals surface area contributed by atoms with Crippen LogP contribution in [0.25, 0.3) is 0 Å². The van der Waals surface area contributed by atoms with Crippen LogP contribution in [0.1, 0.15) is 18.9 Å². The molecule has 1 aliphatic heterocycles. The van der Waals surface area contributed by atoms with Crippen LogP contribution < -0.4 is 57.0 Å². The van der Waals surface area contributed by atoms with Gasteiger partial charge in [-0.2, -0.15) is 5.10 Å². The van der Waals surface area contributed by atoms with E-state index < -0.39 is 12.6 Å². The molecule has 1 saturated heterocycles. The molecule has 0 aliphatic carbocycles. The van der Waals surface area contributed by atoms with Crippen molar-refractivity contribution in [1.82, 2.24) is 9.78 Å². The third-order valence-electron chi connectivity index (χ3n) is 2.57. The van der Waals surface area contributed by atoms with Crippen LogP contribution in [0.4, 0.5) is 12.9 Å². The molecule has 2 heterocycles. The summed E-state index contributed by atoms with van der Waals surface area (Å²) >= 11 is 0. The van der Waals surface area contributed by atoms with Crippen LogP contribution in [-0.4, -0.2) is 30.0 Å². The molecule has 0 saturated carbocycles. The molecule has 3 nitrogen and oxygen atoms in total. The fraction of sp³-hybridized carbons (Fsp3) is 0.625. The molecule has 0 N–H and O–H groups in total. The van der Waals surface area contributed by atoms with Gasteiger partial charge in [0.2, 0.25) is 0 Å². The van der Waals surface area contributed by atoms with Crippen LogP contribution in [0.15, 0.2) is 12.3 Å². The van der Waals surface area contributed by atoms with Gasteiger partial charge in [-0.3, -0.25) is 4.68 Å². The van der Waals surface area contributed by atoms with Gasteiger partial charge in [0.15, 0.2) is 0 Å². The molecule has 8 heteroatoms. The van der Waals surface area contributed by atoms with Gasteiger partial charge >= 0.3 is 58.4 Å². The molecule has 0 radical (unpaired) electrons. The number of hydrogen-bond acceptors (Lipinski definition) is 2. The van der Waals surface area contributed by atoms with E-state index in [-0.39, 0.29) is 57.4 Å². The molecule has 2 rings (SSSR count). The van der Waals surface area contributed by atoms with Crippen molar-refractivity contribution in [2.45, 2.75) is 18.9 Å². The van der Waals surface area contributed by atoms with Crippen molar-refractivity contribution in [1.29, 1.82) is 0 Å². The molecular formula is C8H11BF3KN2O. The maximum absolute atomic E-state index is 12.6. The van der Waals surface area contributed by atoms with Gasteiger partial charge in [-0.05, 0) is 18.4 Å². The first-order chi connectivity index (χ1) is 7.09. The Morgan fingerprint density at radius 1 is 1.31 bits per heavy atom. The van der Waals surface area contributed by atoms with Crippen LogP contribution >= 0.6 is 0 Å². The predicted molar refractivity (Wildman–Crippen MR) is 50.0 cm³/mol. The van der Waals surface area contributed by atoms with E-state index in [0.29, 0.717) is 26.1 Å². The molecule has 0 atom stereocenters. The zero-order chi connectivity index (χ0) is 10.9. The van der Waals surface area contributed by atoms with Crippen molar-refractivity contribution in [2.75, 3.05) is 13.2 Å². The molecule has 84 valence electrons. The Morgan fingerprint density at radius 2 is 1.94 bits per heavy atom. The molecule has 0 bridgehead atoms. The summed E-state index contributed by atoms with van der Waals surface area (Å²) in [7, 11) is 0. The van der Waals surface area contributed by atoms with Crippen molar-refractivity contribution < 1.29 is 69.1 Å². The van der Waals surface area contributed by atoms with Crippen molar-refractivity contribution in [3.8, 4) is 0 Å². The van der Waals surface area contributed by atoms with Crippen molar-refractivity contribution >= 4 is 12.6 Å². The van der Waals surface area contributed by atoms with Crippen molar-refractivity contribution in [2.24, 2.45) is 0 Å². The topological polar surface area (TPSA) is 27.1 Å². The Balaban J connectivity index is 0.00000128. The Kier molecular flexibility index (Phi) is 5.53. The minimum atomic E-state index is -4.97. The van der Waals surface area contributed by atoms with Gasteiger partial charge in [0, 0.05) is 19.4 Å². The normalized spacial score (nSPS) is 18.2. The largest absolute Gasteiger partial charge is 1.00 e. The molecule has 0 unspecified atom stereocenters. The quantitative estimate of drug-likeness (QED) is 0.591. The minimum absolute atomic E-state index is 0. The zero-order valence-corrected chi connectivity index (χ0v) is 12.2. The first kappa shape index (κ1) is 14.7. The number of halogens is 3. The van der Waals surface area contributed by atoms with Crippen LogP contribution in [0.3, 0.4) is 0 Å². The molecule has 1 aromatic rings. The summed E-state index contributed by atoms with van der Waals surface area (Å²) in [5, 5.41) is 3.76. The molecule has 0 spiro atoms. The first-order valence-electron chi connectivity index (χ1n) is 4.90. The Labute approximate surface area is 134 Å². The second-order valence-electron chi connectivity index (χ2n) is 3.62. The van der Waals surface area contributed by atoms with Gasteiger partial charge < -0.3 is 17.7 Å². The third-order valence-corrected chi connectivity index (χ3v) is 2.57. The fourth-order valence-corrected chi connectivity index (χ4v) is 1.82. The summed E-state index contributed by atoms with van der Waals surface area (Å²) in [6, 6.07) is 0.863. The number of ether oxygens (including phenoxy) is 1. The molecular weight excluding hydrogens is 247 g/mol. The van der Waals surface area contributed by atoms with E-state index in [1.165, 1.54) is 6.20 Å². The Hall–Kier alpha value is 0.661. The summed E-state index contributed by atoms with van der Waals surface area (Å²) in [6.07, 6.45) is 2.40. The first-order valence-corrected chi connectivity index (χ1v) is 4.90. The van der Waals surface area contributed by atoms with Crippen LogP contribution in [0.2, 0.25) is 0 Å². The van der Waals surface area contributed by atoms with E-state index in [1.807, 2.05) is 0 Å². The van der Waals surface area contributed by atoms with E-state index in [2.05, 4.69) is 5.10 Å². The molecule has 0 amide bonds. The van der Waals surface area contributed by atoms with E-state index in [1.54, 1.807) is 0 Å². The molecule has 16 heavy (non-hydrogen) atoms. The Morgan fingerprint density at radius 3 is 2.50 bits per heavy atom. The average molecular weight is 258 g/mol. The minimum Gasteiger partial charge on any atom is -0.444 e. The average Bonchev–Trinajstić information content (AvgIpc) is 2.67. The molecule has 1 fully saturated rings. The zero-order valence-electron chi connectivity index (χ0n) is 9.07. The number of hydrogen-bond donors (Lipinski definition) is 0. The van der Waals surface area contributed by atoms with Gasteiger partial charge in [-0.15, -0.1) is 0 Å². The standard InChI is InChI=1S/C8H11BF3N2O.K/c10-9(11,12)8-1-4-13-14(8)7-2-5-15-6-3-7;/h1,4,7H,2-3,5-6H2;/q-1;+1. The Bertz CT molecular complexity index is 338. The van der Waals surface area contributed by atoms with E-state index in [0.717, 1.165) is 10.7 Å². The molecule has 0 aromatic carbocycles. The second kappa shape index (κ2) is 6.01. The second-order valence-corrected chi connectivity index (χ2v) is 3.62. The maximum Gasteiger partial charge on any atom is 1.00 e. The molecule has 1 aromatic heterocycles. The van der Waals surface area contributed by atoms with Gasteiger partial charge in [-0.25, -0.2) is 0 Å². The van der Waals surface area contributed by atoms with Gasteiger partial charge in [-0.1, -0.05) is 6.07 Å². The van der Waals surface area contributed by atoms with E-state index >= 15 is 0 Å². The monoisotopic (exact) mass is 258 g/mol. The summed E-state index contributed by atoms with van der Waals surface area (Å²) in [4.78, 5) is 0. The van der Waals surface area contributed by atoms with Crippen LogP contribution in [-0.2, 0) is 4.74 Å². The summed E-state index contributed by atoms with van der Waals surface area (Å²) < 4.78 is 44.0. The summed E-state index contributed by atoms with van der Waals surface area (Å²) in [6.45, 7) is -3.95. The van der Waals surface area contributed by atoms with E-state index in [9.17, 15) is 12.9 Å². The van der Waals surface area contributed by atoms with Crippen LogP contribution in [0.5, 0.6) is 0 Å². The SMILES string of the molecule is F[B-](F)(F)c1ccnn1C1CCOCC1.[K+]. The van der Waals surface area contributed by atoms with Crippen molar-refractivity contribution in [3.63, 3.8) is 0 Å². The predicted octanol–water partition coefficient (Wildman–Crippen LogP) is -1.71. The number of rotatable bonds is 2. The van der Waals surface area contributed by atoms with Crippen LogP contribution in [0, 0.1) is 0 Å². The number of nitrogens with zero attached hydrogens (tertiary/aromatic N) is 2. The smallest absolute Gasteiger partial charge is 0.444 e. The maximum atomic E-state index is 12.6. The fourth-order valence-electron chi connectivity index (χ4n) is 1.82. The van der Waals surface area contributed by atoms with Gasteiger partial charge in [0.05, 0.1) is 6.04 Å². The third kappa shape index (κ3) is 3.33.